The molecule has 0 fully saturated rings. The van der Waals surface area contributed by atoms with Crippen molar-refractivity contribution in [3.05, 3.63) is 48.0 Å². The van der Waals surface area contributed by atoms with E-state index in [-0.39, 0.29) is 10.7 Å². The van der Waals surface area contributed by atoms with E-state index in [1.807, 2.05) is 0 Å². The largest absolute Gasteiger partial charge is 0.318 e. The number of amides is 1. The Kier molecular flexibility index (Phi) is 4.60. The Bertz CT molecular complexity index is 639. The fourth-order valence-electron chi connectivity index (χ4n) is 1.34. The molecule has 0 saturated carbocycles. The number of rotatable bonds is 2. The zero-order valence-corrected chi connectivity index (χ0v) is 13.7. The molecule has 1 N–H and O–H groups in total. The first-order chi connectivity index (χ1) is 8.88. The first kappa shape index (κ1) is 14.9. The Labute approximate surface area is 133 Å². The minimum Gasteiger partial charge on any atom is -0.318 e. The van der Waals surface area contributed by atoms with Crippen molar-refractivity contribution in [2.24, 2.45) is 0 Å². The molecule has 0 aliphatic rings. The van der Waals surface area contributed by atoms with E-state index >= 15 is 0 Å². The summed E-state index contributed by atoms with van der Waals surface area (Å²) in [6.07, 6.45) is 0. The van der Waals surface area contributed by atoms with E-state index in [0.29, 0.717) is 15.4 Å². The van der Waals surface area contributed by atoms with Gasteiger partial charge in [0.05, 0.1) is 23.8 Å². The predicted octanol–water partition coefficient (Wildman–Crippen LogP) is 5.46. The van der Waals surface area contributed by atoms with E-state index in [1.165, 1.54) is 11.3 Å². The van der Waals surface area contributed by atoms with Gasteiger partial charge in [0.25, 0.3) is 5.91 Å². The molecule has 8 heteroatoms. The average Bonchev–Trinajstić information content (AvgIpc) is 2.62. The molecule has 2 aromatic rings. The third-order valence-electron chi connectivity index (χ3n) is 2.15. The van der Waals surface area contributed by atoms with E-state index in [1.54, 1.807) is 6.07 Å². The fraction of sp³-hybridized carbons (Fsp3) is 0. The molecule has 1 heterocycles. The average molecular weight is 431 g/mol. The number of thiophene rings is 1. The van der Waals surface area contributed by atoms with Gasteiger partial charge in [-0.15, -0.1) is 11.3 Å². The zero-order valence-electron chi connectivity index (χ0n) is 8.94. The van der Waals surface area contributed by atoms with Crippen LogP contribution in [0.25, 0.3) is 0 Å². The summed E-state index contributed by atoms with van der Waals surface area (Å²) in [4.78, 5) is 12.0. The topological polar surface area (TPSA) is 29.1 Å². The van der Waals surface area contributed by atoms with E-state index in [4.69, 9.17) is 11.6 Å². The quantitative estimate of drug-likeness (QED) is 0.673. The van der Waals surface area contributed by atoms with Crippen molar-refractivity contribution < 1.29 is 13.6 Å². The van der Waals surface area contributed by atoms with Crippen LogP contribution in [0.2, 0.25) is 5.02 Å². The summed E-state index contributed by atoms with van der Waals surface area (Å²) in [6, 6.07) is 3.16. The summed E-state index contributed by atoms with van der Waals surface area (Å²) in [5.74, 6) is -2.27. The minimum atomic E-state index is -0.927. The van der Waals surface area contributed by atoms with Gasteiger partial charge in [0, 0.05) is 6.07 Å². The highest BCUT2D eigenvalue weighted by atomic mass is 79.9. The van der Waals surface area contributed by atoms with E-state index in [9.17, 15) is 13.6 Å². The fourth-order valence-corrected chi connectivity index (χ4v) is 4.37. The number of carbonyl (C=O) groups excluding carboxylic acids is 1. The number of benzene rings is 1. The summed E-state index contributed by atoms with van der Waals surface area (Å²) in [5.41, 5.74) is 0.0824. The van der Waals surface area contributed by atoms with Crippen molar-refractivity contribution in [2.75, 3.05) is 5.32 Å². The minimum absolute atomic E-state index is 0.198. The van der Waals surface area contributed by atoms with Gasteiger partial charge in [0.1, 0.15) is 5.82 Å². The van der Waals surface area contributed by atoms with Crippen LogP contribution in [0.15, 0.2) is 25.8 Å². The summed E-state index contributed by atoms with van der Waals surface area (Å²) >= 11 is 13.5. The highest BCUT2D eigenvalue weighted by molar-refractivity contribution is 9.12. The number of anilines is 1. The molecule has 0 unspecified atom stereocenters. The van der Waals surface area contributed by atoms with Crippen LogP contribution in [-0.4, -0.2) is 5.91 Å². The molecule has 0 saturated heterocycles. The van der Waals surface area contributed by atoms with E-state index < -0.39 is 17.5 Å². The summed E-state index contributed by atoms with van der Waals surface area (Å²) < 4.78 is 27.8. The maximum atomic E-state index is 13.5. The second kappa shape index (κ2) is 5.87. The highest BCUT2D eigenvalue weighted by Crippen LogP contribution is 2.33. The molecule has 0 aliphatic carbocycles. The van der Waals surface area contributed by atoms with Crippen LogP contribution >= 0.6 is 54.8 Å². The number of halogens is 5. The Morgan fingerprint density at radius 1 is 1.26 bits per heavy atom. The van der Waals surface area contributed by atoms with Gasteiger partial charge >= 0.3 is 0 Å². The molecule has 2 rings (SSSR count). The number of carbonyl (C=O) groups is 1. The van der Waals surface area contributed by atoms with Gasteiger partial charge in [-0.3, -0.25) is 4.79 Å². The highest BCUT2D eigenvalue weighted by Gasteiger charge is 2.17. The van der Waals surface area contributed by atoms with Crippen LogP contribution < -0.4 is 5.32 Å². The molecule has 1 aromatic heterocycles. The summed E-state index contributed by atoms with van der Waals surface area (Å²) in [7, 11) is 0. The Morgan fingerprint density at radius 2 is 1.95 bits per heavy atom. The van der Waals surface area contributed by atoms with Crippen molar-refractivity contribution in [1.82, 2.24) is 0 Å². The van der Waals surface area contributed by atoms with Gasteiger partial charge in [-0.25, -0.2) is 8.78 Å². The van der Waals surface area contributed by atoms with E-state index in [0.717, 1.165) is 9.85 Å². The predicted molar refractivity (Wildman–Crippen MR) is 79.0 cm³/mol. The number of hydrogen-bond donors (Lipinski definition) is 1. The molecule has 0 atom stereocenters. The molecule has 1 aromatic carbocycles. The molecule has 100 valence electrons. The molecular formula is C11H4Br2ClF2NOS. The molecular weight excluding hydrogens is 427 g/mol. The lowest BCUT2D eigenvalue weighted by molar-refractivity contribution is 0.102. The van der Waals surface area contributed by atoms with Gasteiger partial charge in [0.2, 0.25) is 0 Å². The molecule has 0 spiro atoms. The SMILES string of the molecule is O=C(Nc1c(F)cc(F)cc1Cl)c1cc(Br)sc1Br. The number of hydrogen-bond acceptors (Lipinski definition) is 2. The molecule has 2 nitrogen and oxygen atoms in total. The normalized spacial score (nSPS) is 10.6. The zero-order chi connectivity index (χ0) is 14.2. The Morgan fingerprint density at radius 3 is 2.47 bits per heavy atom. The maximum absolute atomic E-state index is 13.5. The van der Waals surface area contributed by atoms with Crippen LogP contribution in [0.4, 0.5) is 14.5 Å². The van der Waals surface area contributed by atoms with Crippen LogP contribution in [0.3, 0.4) is 0 Å². The molecule has 0 aliphatic heterocycles. The van der Waals surface area contributed by atoms with Crippen LogP contribution in [0.1, 0.15) is 10.4 Å². The second-order valence-corrected chi connectivity index (χ2v) is 7.59. The summed E-state index contributed by atoms with van der Waals surface area (Å²) in [5, 5.41) is 2.12. The third kappa shape index (κ3) is 3.34. The van der Waals surface area contributed by atoms with E-state index in [2.05, 4.69) is 37.2 Å². The van der Waals surface area contributed by atoms with Crippen LogP contribution in [0, 0.1) is 11.6 Å². The van der Waals surface area contributed by atoms with Gasteiger partial charge < -0.3 is 5.32 Å². The third-order valence-corrected chi connectivity index (χ3v) is 4.78. The van der Waals surface area contributed by atoms with Crippen molar-refractivity contribution in [2.45, 2.75) is 0 Å². The van der Waals surface area contributed by atoms with Gasteiger partial charge in [0.15, 0.2) is 5.82 Å². The van der Waals surface area contributed by atoms with Crippen molar-refractivity contribution in [3.8, 4) is 0 Å². The smallest absolute Gasteiger partial charge is 0.257 e. The molecule has 0 radical (unpaired) electrons. The second-order valence-electron chi connectivity index (χ2n) is 3.44. The lowest BCUT2D eigenvalue weighted by Gasteiger charge is -2.08. The first-order valence-corrected chi connectivity index (χ1v) is 7.57. The van der Waals surface area contributed by atoms with Crippen LogP contribution in [0.5, 0.6) is 0 Å². The van der Waals surface area contributed by atoms with Crippen molar-refractivity contribution in [3.63, 3.8) is 0 Å². The first-order valence-electron chi connectivity index (χ1n) is 4.79. The molecule has 19 heavy (non-hydrogen) atoms. The monoisotopic (exact) mass is 429 g/mol. The van der Waals surface area contributed by atoms with Gasteiger partial charge in [-0.2, -0.15) is 0 Å². The Hall–Kier alpha value is -0.500. The van der Waals surface area contributed by atoms with Crippen molar-refractivity contribution >= 4 is 66.4 Å². The molecule has 0 bridgehead atoms. The number of nitrogens with one attached hydrogen (secondary N) is 1. The summed E-state index contributed by atoms with van der Waals surface area (Å²) in [6.45, 7) is 0. The van der Waals surface area contributed by atoms with Crippen molar-refractivity contribution in [1.29, 1.82) is 0 Å². The van der Waals surface area contributed by atoms with Gasteiger partial charge in [-0.05, 0) is 44.0 Å². The standard InChI is InChI=1S/C11H4Br2ClF2NOS/c12-8-3-5(10(13)19-8)11(18)17-9-6(14)1-4(15)2-7(9)16/h1-3H,(H,17,18). The lowest BCUT2D eigenvalue weighted by Crippen LogP contribution is -2.13. The lowest BCUT2D eigenvalue weighted by atomic mass is 10.2. The Balaban J connectivity index is 2.32. The van der Waals surface area contributed by atoms with Crippen LogP contribution in [-0.2, 0) is 0 Å². The maximum Gasteiger partial charge on any atom is 0.257 e. The van der Waals surface area contributed by atoms with Gasteiger partial charge in [-0.1, -0.05) is 11.6 Å². The molecule has 1 amide bonds.